The summed E-state index contributed by atoms with van der Waals surface area (Å²) in [6.07, 6.45) is 0. The van der Waals surface area contributed by atoms with Crippen molar-refractivity contribution in [3.05, 3.63) is 58.6 Å². The van der Waals surface area contributed by atoms with Gasteiger partial charge in [0.25, 0.3) is 0 Å². The molecule has 16 heavy (non-hydrogen) atoms. The van der Waals surface area contributed by atoms with Crippen LogP contribution in [0.3, 0.4) is 0 Å². The van der Waals surface area contributed by atoms with Crippen molar-refractivity contribution >= 4 is 27.5 Å². The quantitative estimate of drug-likeness (QED) is 0.726. The number of rotatable bonds is 3. The highest BCUT2D eigenvalue weighted by Gasteiger charge is 1.98. The zero-order valence-corrected chi connectivity index (χ0v) is 10.8. The molecule has 0 fully saturated rings. The maximum atomic E-state index is 5.71. The maximum absolute atomic E-state index is 5.71. The van der Waals surface area contributed by atoms with Gasteiger partial charge < -0.3 is 4.74 Å². The van der Waals surface area contributed by atoms with Gasteiger partial charge in [0.05, 0.1) is 0 Å². The molecule has 2 aromatic rings. The van der Waals surface area contributed by atoms with Crippen molar-refractivity contribution in [1.29, 1.82) is 0 Å². The molecule has 0 heterocycles. The van der Waals surface area contributed by atoms with Crippen LogP contribution in [-0.2, 0) is 5.88 Å². The normalized spacial score (nSPS) is 10.1. The van der Waals surface area contributed by atoms with Gasteiger partial charge in [0, 0.05) is 10.4 Å². The Morgan fingerprint density at radius 1 is 1.00 bits per heavy atom. The molecule has 0 saturated heterocycles. The van der Waals surface area contributed by atoms with Gasteiger partial charge >= 0.3 is 0 Å². The summed E-state index contributed by atoms with van der Waals surface area (Å²) in [6, 6.07) is 15.5. The van der Waals surface area contributed by atoms with Gasteiger partial charge in [-0.2, -0.15) is 0 Å². The van der Waals surface area contributed by atoms with Crippen LogP contribution in [0.25, 0.3) is 0 Å². The van der Waals surface area contributed by atoms with Crippen molar-refractivity contribution in [3.8, 4) is 11.5 Å². The topological polar surface area (TPSA) is 9.23 Å². The number of hydrogen-bond acceptors (Lipinski definition) is 1. The first-order chi connectivity index (χ1) is 7.78. The van der Waals surface area contributed by atoms with Crippen LogP contribution in [0.2, 0.25) is 0 Å². The molecule has 0 atom stereocenters. The lowest BCUT2D eigenvalue weighted by molar-refractivity contribution is 0.482. The summed E-state index contributed by atoms with van der Waals surface area (Å²) in [6.45, 7) is 0. The van der Waals surface area contributed by atoms with Gasteiger partial charge in [-0.25, -0.2) is 0 Å². The third kappa shape index (κ3) is 3.00. The zero-order valence-electron chi connectivity index (χ0n) is 8.49. The standard InChI is InChI=1S/C13H10BrClO/c14-11-2-1-3-13(8-11)16-12-6-4-10(9-15)5-7-12/h1-8H,9H2. The largest absolute Gasteiger partial charge is 0.457 e. The summed E-state index contributed by atoms with van der Waals surface area (Å²) in [4.78, 5) is 0. The second kappa shape index (κ2) is 5.37. The van der Waals surface area contributed by atoms with Crippen molar-refractivity contribution in [2.75, 3.05) is 0 Å². The average molecular weight is 298 g/mol. The Morgan fingerprint density at radius 3 is 2.38 bits per heavy atom. The molecule has 0 N–H and O–H groups in total. The number of alkyl halides is 1. The molecule has 2 rings (SSSR count). The third-order valence-corrected chi connectivity index (χ3v) is 2.91. The number of hydrogen-bond donors (Lipinski definition) is 0. The Morgan fingerprint density at radius 2 is 1.75 bits per heavy atom. The van der Waals surface area contributed by atoms with E-state index in [9.17, 15) is 0 Å². The minimum absolute atomic E-state index is 0.525. The lowest BCUT2D eigenvalue weighted by Crippen LogP contribution is -1.84. The van der Waals surface area contributed by atoms with E-state index in [4.69, 9.17) is 16.3 Å². The SMILES string of the molecule is ClCc1ccc(Oc2cccc(Br)c2)cc1. The Labute approximate surface area is 108 Å². The molecule has 0 aliphatic rings. The Kier molecular flexibility index (Phi) is 3.86. The molecule has 0 spiro atoms. The Bertz CT molecular complexity index is 468. The molecule has 0 aliphatic heterocycles. The summed E-state index contributed by atoms with van der Waals surface area (Å²) in [5.74, 6) is 2.15. The van der Waals surface area contributed by atoms with Crippen LogP contribution in [0, 0.1) is 0 Å². The highest BCUT2D eigenvalue weighted by atomic mass is 79.9. The van der Waals surface area contributed by atoms with Crippen LogP contribution < -0.4 is 4.74 Å². The second-order valence-corrected chi connectivity index (χ2v) is 4.52. The second-order valence-electron chi connectivity index (χ2n) is 3.34. The fourth-order valence-electron chi connectivity index (χ4n) is 1.31. The summed E-state index contributed by atoms with van der Waals surface area (Å²) in [5, 5.41) is 0. The molecule has 0 amide bonds. The first kappa shape index (κ1) is 11.5. The van der Waals surface area contributed by atoms with E-state index < -0.39 is 0 Å². The highest BCUT2D eigenvalue weighted by molar-refractivity contribution is 9.10. The molecule has 0 unspecified atom stereocenters. The predicted molar refractivity (Wildman–Crippen MR) is 70.2 cm³/mol. The van der Waals surface area contributed by atoms with E-state index in [-0.39, 0.29) is 0 Å². The predicted octanol–water partition coefficient (Wildman–Crippen LogP) is 4.98. The minimum Gasteiger partial charge on any atom is -0.457 e. The lowest BCUT2D eigenvalue weighted by atomic mass is 10.2. The van der Waals surface area contributed by atoms with Crippen LogP contribution in [0.5, 0.6) is 11.5 Å². The summed E-state index contributed by atoms with van der Waals surface area (Å²) in [5.41, 5.74) is 1.09. The lowest BCUT2D eigenvalue weighted by Gasteiger charge is -2.06. The number of benzene rings is 2. The van der Waals surface area contributed by atoms with E-state index in [0.29, 0.717) is 5.88 Å². The number of halogens is 2. The molecule has 0 saturated carbocycles. The first-order valence-electron chi connectivity index (χ1n) is 4.86. The van der Waals surface area contributed by atoms with Crippen LogP contribution in [0.15, 0.2) is 53.0 Å². The molecular weight excluding hydrogens is 287 g/mol. The molecule has 2 aromatic carbocycles. The Balaban J connectivity index is 2.14. The van der Waals surface area contributed by atoms with Gasteiger partial charge in [0.15, 0.2) is 0 Å². The van der Waals surface area contributed by atoms with Crippen LogP contribution in [0.1, 0.15) is 5.56 Å². The molecular formula is C13H10BrClO. The van der Waals surface area contributed by atoms with Crippen molar-refractivity contribution in [3.63, 3.8) is 0 Å². The van der Waals surface area contributed by atoms with E-state index in [1.54, 1.807) is 0 Å². The average Bonchev–Trinajstić information content (AvgIpc) is 2.30. The molecule has 82 valence electrons. The van der Waals surface area contributed by atoms with Crippen molar-refractivity contribution in [2.24, 2.45) is 0 Å². The molecule has 3 heteroatoms. The van der Waals surface area contributed by atoms with Gasteiger partial charge in [-0.05, 0) is 35.9 Å². The summed E-state index contributed by atoms with van der Waals surface area (Å²) >= 11 is 9.11. The summed E-state index contributed by atoms with van der Waals surface area (Å²) < 4.78 is 6.69. The number of ether oxygens (including phenoxy) is 1. The fraction of sp³-hybridized carbons (Fsp3) is 0.0769. The molecule has 0 aromatic heterocycles. The molecule has 0 aliphatic carbocycles. The first-order valence-corrected chi connectivity index (χ1v) is 6.19. The van der Waals surface area contributed by atoms with Gasteiger partial charge in [0.2, 0.25) is 0 Å². The zero-order chi connectivity index (χ0) is 11.4. The van der Waals surface area contributed by atoms with E-state index in [2.05, 4.69) is 15.9 Å². The van der Waals surface area contributed by atoms with Gasteiger partial charge in [-0.15, -0.1) is 11.6 Å². The van der Waals surface area contributed by atoms with Crippen LogP contribution >= 0.6 is 27.5 Å². The van der Waals surface area contributed by atoms with E-state index in [0.717, 1.165) is 21.5 Å². The highest BCUT2D eigenvalue weighted by Crippen LogP contribution is 2.24. The van der Waals surface area contributed by atoms with Crippen molar-refractivity contribution in [1.82, 2.24) is 0 Å². The fourth-order valence-corrected chi connectivity index (χ4v) is 1.87. The van der Waals surface area contributed by atoms with Crippen LogP contribution in [0.4, 0.5) is 0 Å². The monoisotopic (exact) mass is 296 g/mol. The molecule has 1 nitrogen and oxygen atoms in total. The van der Waals surface area contributed by atoms with E-state index in [1.165, 1.54) is 0 Å². The minimum atomic E-state index is 0.525. The summed E-state index contributed by atoms with van der Waals surface area (Å²) in [7, 11) is 0. The van der Waals surface area contributed by atoms with Crippen molar-refractivity contribution < 1.29 is 4.74 Å². The molecule has 0 radical (unpaired) electrons. The Hall–Kier alpha value is -0.990. The van der Waals surface area contributed by atoms with E-state index >= 15 is 0 Å². The third-order valence-electron chi connectivity index (χ3n) is 2.11. The van der Waals surface area contributed by atoms with Crippen LogP contribution in [-0.4, -0.2) is 0 Å². The van der Waals surface area contributed by atoms with E-state index in [1.807, 2.05) is 48.5 Å². The van der Waals surface area contributed by atoms with Gasteiger partial charge in [-0.3, -0.25) is 0 Å². The smallest absolute Gasteiger partial charge is 0.128 e. The van der Waals surface area contributed by atoms with Crippen molar-refractivity contribution in [2.45, 2.75) is 5.88 Å². The molecule has 0 bridgehead atoms. The van der Waals surface area contributed by atoms with Gasteiger partial charge in [0.1, 0.15) is 11.5 Å². The maximum Gasteiger partial charge on any atom is 0.128 e. The van der Waals surface area contributed by atoms with Gasteiger partial charge in [-0.1, -0.05) is 34.1 Å².